The SMILES string of the molecule is NC(N)=NC(=O)[C@@H](Cc1cccc(Cl)c1)c1ccc2ccccc2c1. The maximum atomic E-state index is 12.6. The summed E-state index contributed by atoms with van der Waals surface area (Å²) in [6, 6.07) is 21.4. The number of nitrogens with zero attached hydrogens (tertiary/aromatic N) is 1. The summed E-state index contributed by atoms with van der Waals surface area (Å²) in [5.41, 5.74) is 12.6. The van der Waals surface area contributed by atoms with Gasteiger partial charge in [-0.2, -0.15) is 4.99 Å². The highest BCUT2D eigenvalue weighted by Crippen LogP contribution is 2.27. The van der Waals surface area contributed by atoms with Gasteiger partial charge in [-0.05, 0) is 40.5 Å². The summed E-state index contributed by atoms with van der Waals surface area (Å²) < 4.78 is 0. The number of guanidine groups is 1. The van der Waals surface area contributed by atoms with Crippen LogP contribution in [0.2, 0.25) is 5.02 Å². The van der Waals surface area contributed by atoms with Crippen LogP contribution in [-0.4, -0.2) is 11.9 Å². The number of benzene rings is 3. The topological polar surface area (TPSA) is 81.5 Å². The molecule has 1 atom stereocenters. The molecule has 0 bridgehead atoms. The van der Waals surface area contributed by atoms with Gasteiger partial charge in [0.25, 0.3) is 5.91 Å². The van der Waals surface area contributed by atoms with Gasteiger partial charge in [0.1, 0.15) is 0 Å². The highest BCUT2D eigenvalue weighted by Gasteiger charge is 2.21. The van der Waals surface area contributed by atoms with Gasteiger partial charge in [0, 0.05) is 5.02 Å². The maximum Gasteiger partial charge on any atom is 0.256 e. The van der Waals surface area contributed by atoms with E-state index in [1.54, 1.807) is 6.07 Å². The summed E-state index contributed by atoms with van der Waals surface area (Å²) in [4.78, 5) is 16.4. The van der Waals surface area contributed by atoms with Crippen molar-refractivity contribution < 1.29 is 4.79 Å². The molecule has 0 aromatic heterocycles. The second-order valence-electron chi connectivity index (χ2n) is 5.87. The van der Waals surface area contributed by atoms with Crippen LogP contribution in [0.4, 0.5) is 0 Å². The first kappa shape index (κ1) is 17.0. The molecular weight excluding hydrogens is 334 g/mol. The molecule has 0 fully saturated rings. The summed E-state index contributed by atoms with van der Waals surface area (Å²) in [5.74, 6) is -1.08. The number of hydrogen-bond donors (Lipinski definition) is 2. The van der Waals surface area contributed by atoms with Crippen molar-refractivity contribution in [2.45, 2.75) is 12.3 Å². The Labute approximate surface area is 151 Å². The Bertz CT molecular complexity index is 948. The van der Waals surface area contributed by atoms with Crippen LogP contribution >= 0.6 is 11.6 Å². The van der Waals surface area contributed by atoms with Gasteiger partial charge >= 0.3 is 0 Å². The van der Waals surface area contributed by atoms with Gasteiger partial charge in [0.05, 0.1) is 5.92 Å². The predicted molar refractivity (Wildman–Crippen MR) is 103 cm³/mol. The van der Waals surface area contributed by atoms with E-state index in [2.05, 4.69) is 4.99 Å². The molecule has 25 heavy (non-hydrogen) atoms. The molecule has 3 aromatic rings. The van der Waals surface area contributed by atoms with Gasteiger partial charge in [-0.25, -0.2) is 0 Å². The molecule has 0 aliphatic rings. The molecule has 0 aliphatic heterocycles. The van der Waals surface area contributed by atoms with E-state index in [1.165, 1.54) is 0 Å². The Kier molecular flexibility index (Phi) is 5.00. The monoisotopic (exact) mass is 351 g/mol. The number of nitrogens with two attached hydrogens (primary N) is 2. The van der Waals surface area contributed by atoms with Crippen LogP contribution in [0, 0.1) is 0 Å². The van der Waals surface area contributed by atoms with E-state index in [0.717, 1.165) is 21.9 Å². The van der Waals surface area contributed by atoms with E-state index in [1.807, 2.05) is 60.7 Å². The van der Waals surface area contributed by atoms with Crippen LogP contribution in [0.5, 0.6) is 0 Å². The quantitative estimate of drug-likeness (QED) is 0.556. The lowest BCUT2D eigenvalue weighted by Crippen LogP contribution is -2.26. The fourth-order valence-corrected chi connectivity index (χ4v) is 3.09. The largest absolute Gasteiger partial charge is 0.370 e. The lowest BCUT2D eigenvalue weighted by molar-refractivity contribution is -0.119. The average molecular weight is 352 g/mol. The lowest BCUT2D eigenvalue weighted by atomic mass is 9.90. The van der Waals surface area contributed by atoms with E-state index < -0.39 is 5.92 Å². The number of aliphatic imine (C=N–C) groups is 1. The van der Waals surface area contributed by atoms with Crippen molar-refractivity contribution in [2.75, 3.05) is 0 Å². The molecule has 0 radical (unpaired) electrons. The van der Waals surface area contributed by atoms with Gasteiger partial charge in [0.15, 0.2) is 5.96 Å². The average Bonchev–Trinajstić information content (AvgIpc) is 2.58. The van der Waals surface area contributed by atoms with Crippen molar-refractivity contribution in [3.8, 4) is 0 Å². The number of carbonyl (C=O) groups excluding carboxylic acids is 1. The first-order chi connectivity index (χ1) is 12.0. The van der Waals surface area contributed by atoms with Crippen molar-refractivity contribution in [3.05, 3.63) is 82.9 Å². The highest BCUT2D eigenvalue weighted by molar-refractivity contribution is 6.30. The summed E-state index contributed by atoms with van der Waals surface area (Å²) in [5, 5.41) is 2.81. The number of amides is 1. The van der Waals surface area contributed by atoms with Crippen LogP contribution in [0.3, 0.4) is 0 Å². The molecule has 126 valence electrons. The number of halogens is 1. The van der Waals surface area contributed by atoms with Crippen molar-refractivity contribution in [3.63, 3.8) is 0 Å². The molecule has 0 aliphatic carbocycles. The van der Waals surface area contributed by atoms with E-state index in [-0.39, 0.29) is 11.9 Å². The first-order valence-electron chi connectivity index (χ1n) is 7.89. The Morgan fingerprint density at radius 1 is 0.960 bits per heavy atom. The minimum Gasteiger partial charge on any atom is -0.370 e. The van der Waals surface area contributed by atoms with Crippen LogP contribution in [-0.2, 0) is 11.2 Å². The minimum atomic E-state index is -0.481. The molecule has 3 aromatic carbocycles. The molecule has 0 spiro atoms. The number of hydrogen-bond acceptors (Lipinski definition) is 1. The molecular formula is C20H18ClN3O. The van der Waals surface area contributed by atoms with Crippen molar-refractivity contribution in [1.29, 1.82) is 0 Å². The molecule has 1 amide bonds. The molecule has 3 rings (SSSR count). The first-order valence-corrected chi connectivity index (χ1v) is 8.27. The van der Waals surface area contributed by atoms with Crippen LogP contribution < -0.4 is 11.5 Å². The second kappa shape index (κ2) is 7.36. The molecule has 4 nitrogen and oxygen atoms in total. The van der Waals surface area contributed by atoms with Crippen molar-refractivity contribution in [1.82, 2.24) is 0 Å². The van der Waals surface area contributed by atoms with Gasteiger partial charge in [-0.15, -0.1) is 0 Å². The lowest BCUT2D eigenvalue weighted by Gasteiger charge is -2.15. The van der Waals surface area contributed by atoms with E-state index in [0.29, 0.717) is 11.4 Å². The van der Waals surface area contributed by atoms with Crippen molar-refractivity contribution >= 4 is 34.2 Å². The standard InChI is InChI=1S/C20H18ClN3O/c21-17-7-3-4-13(10-17)11-18(19(25)24-20(22)23)16-9-8-14-5-1-2-6-15(14)12-16/h1-10,12,18H,11H2,(H4,22,23,24,25)/t18-/m0/s1. The van der Waals surface area contributed by atoms with E-state index in [4.69, 9.17) is 23.1 Å². The molecule has 0 unspecified atom stereocenters. The zero-order valence-corrected chi connectivity index (χ0v) is 14.3. The highest BCUT2D eigenvalue weighted by atomic mass is 35.5. The smallest absolute Gasteiger partial charge is 0.256 e. The zero-order chi connectivity index (χ0) is 17.8. The normalized spacial score (nSPS) is 11.9. The molecule has 0 saturated carbocycles. The number of rotatable bonds is 4. The predicted octanol–water partition coefficient (Wildman–Crippen LogP) is 3.62. The second-order valence-corrected chi connectivity index (χ2v) is 6.30. The fourth-order valence-electron chi connectivity index (χ4n) is 2.88. The summed E-state index contributed by atoms with van der Waals surface area (Å²) >= 11 is 6.06. The Morgan fingerprint density at radius 2 is 1.72 bits per heavy atom. The molecule has 4 N–H and O–H groups in total. The third-order valence-electron chi connectivity index (χ3n) is 4.04. The Morgan fingerprint density at radius 3 is 2.44 bits per heavy atom. The summed E-state index contributed by atoms with van der Waals surface area (Å²) in [6.07, 6.45) is 0.467. The number of carbonyl (C=O) groups is 1. The minimum absolute atomic E-state index is 0.234. The van der Waals surface area contributed by atoms with Gasteiger partial charge in [-0.3, -0.25) is 4.79 Å². The zero-order valence-electron chi connectivity index (χ0n) is 13.5. The Hall–Kier alpha value is -2.85. The van der Waals surface area contributed by atoms with Gasteiger partial charge in [0.2, 0.25) is 0 Å². The van der Waals surface area contributed by atoms with E-state index >= 15 is 0 Å². The summed E-state index contributed by atoms with van der Waals surface area (Å²) in [7, 11) is 0. The maximum absolute atomic E-state index is 12.6. The van der Waals surface area contributed by atoms with Crippen molar-refractivity contribution in [2.24, 2.45) is 16.5 Å². The third-order valence-corrected chi connectivity index (χ3v) is 4.28. The summed E-state index contributed by atoms with van der Waals surface area (Å²) in [6.45, 7) is 0. The van der Waals surface area contributed by atoms with Gasteiger partial charge in [-0.1, -0.05) is 66.2 Å². The van der Waals surface area contributed by atoms with Crippen LogP contribution in [0.15, 0.2) is 71.7 Å². The molecule has 5 heteroatoms. The van der Waals surface area contributed by atoms with Crippen LogP contribution in [0.1, 0.15) is 17.0 Å². The fraction of sp³-hybridized carbons (Fsp3) is 0.100. The molecule has 0 saturated heterocycles. The van der Waals surface area contributed by atoms with E-state index in [9.17, 15) is 4.79 Å². The third kappa shape index (κ3) is 4.17. The van der Waals surface area contributed by atoms with Gasteiger partial charge < -0.3 is 11.5 Å². The number of fused-ring (bicyclic) bond motifs is 1. The Balaban J connectivity index is 2.02. The molecule has 0 heterocycles. The van der Waals surface area contributed by atoms with Crippen LogP contribution in [0.25, 0.3) is 10.8 Å².